The number of thiazole rings is 1. The van der Waals surface area contributed by atoms with Crippen LogP contribution >= 0.6 is 11.3 Å². The molecule has 0 saturated heterocycles. The molecule has 0 fully saturated rings. The number of benzene rings is 1. The molecule has 0 unspecified atom stereocenters. The molecule has 0 aliphatic heterocycles. The van der Waals surface area contributed by atoms with Crippen molar-refractivity contribution in [3.05, 3.63) is 41.2 Å². The monoisotopic (exact) mass is 264 g/mol. The van der Waals surface area contributed by atoms with Gasteiger partial charge in [-0.25, -0.2) is 9.37 Å². The molecule has 2 aromatic rings. The highest BCUT2D eigenvalue weighted by atomic mass is 32.1. The van der Waals surface area contributed by atoms with Crippen LogP contribution in [0.5, 0.6) is 0 Å². The topological polar surface area (TPSA) is 38.9 Å². The lowest BCUT2D eigenvalue weighted by molar-refractivity contribution is 0.476. The fraction of sp³-hybridized carbons (Fsp3) is 0.357. The van der Waals surface area contributed by atoms with E-state index in [1.54, 1.807) is 17.4 Å². The zero-order chi connectivity index (χ0) is 13.2. The minimum atomic E-state index is -0.231. The third kappa shape index (κ3) is 2.76. The van der Waals surface area contributed by atoms with E-state index in [4.69, 9.17) is 5.73 Å². The Hall–Kier alpha value is -1.26. The fourth-order valence-corrected chi connectivity index (χ4v) is 2.84. The van der Waals surface area contributed by atoms with Crippen molar-refractivity contribution in [1.29, 1.82) is 0 Å². The highest BCUT2D eigenvalue weighted by molar-refractivity contribution is 7.13. The number of rotatable bonds is 4. The summed E-state index contributed by atoms with van der Waals surface area (Å²) in [5.41, 5.74) is 7.44. The molecule has 96 valence electrons. The van der Waals surface area contributed by atoms with E-state index in [2.05, 4.69) is 18.8 Å². The Morgan fingerprint density at radius 2 is 2.17 bits per heavy atom. The predicted molar refractivity (Wildman–Crippen MR) is 74.2 cm³/mol. The second-order valence-electron chi connectivity index (χ2n) is 4.97. The van der Waals surface area contributed by atoms with Gasteiger partial charge in [-0.1, -0.05) is 26.0 Å². The lowest BCUT2D eigenvalue weighted by atomic mass is 9.86. The summed E-state index contributed by atoms with van der Waals surface area (Å²) in [5, 5.41) is 2.89. The van der Waals surface area contributed by atoms with Gasteiger partial charge in [-0.05, 0) is 25.1 Å². The van der Waals surface area contributed by atoms with Crippen LogP contribution in [-0.2, 0) is 5.41 Å². The van der Waals surface area contributed by atoms with Gasteiger partial charge in [0.05, 0.1) is 5.69 Å². The van der Waals surface area contributed by atoms with Gasteiger partial charge in [0.2, 0.25) is 0 Å². The normalized spacial score (nSPS) is 11.8. The average molecular weight is 264 g/mol. The summed E-state index contributed by atoms with van der Waals surface area (Å²) < 4.78 is 13.2. The summed E-state index contributed by atoms with van der Waals surface area (Å²) in [6, 6.07) is 6.54. The lowest BCUT2D eigenvalue weighted by Crippen LogP contribution is -2.22. The summed E-state index contributed by atoms with van der Waals surface area (Å²) >= 11 is 1.55. The molecule has 0 radical (unpaired) electrons. The number of halogens is 1. The highest BCUT2D eigenvalue weighted by Crippen LogP contribution is 2.31. The van der Waals surface area contributed by atoms with Gasteiger partial charge in [-0.2, -0.15) is 0 Å². The van der Waals surface area contributed by atoms with Crippen LogP contribution in [-0.4, -0.2) is 11.5 Å². The fourth-order valence-electron chi connectivity index (χ4n) is 1.83. The van der Waals surface area contributed by atoms with Crippen molar-refractivity contribution < 1.29 is 4.39 Å². The van der Waals surface area contributed by atoms with Crippen molar-refractivity contribution in [3.8, 4) is 10.6 Å². The Morgan fingerprint density at radius 1 is 1.39 bits per heavy atom. The van der Waals surface area contributed by atoms with E-state index in [0.717, 1.165) is 22.7 Å². The van der Waals surface area contributed by atoms with Crippen LogP contribution in [0.1, 0.15) is 26.0 Å². The Kier molecular flexibility index (Phi) is 3.78. The maximum Gasteiger partial charge on any atom is 0.123 e. The van der Waals surface area contributed by atoms with E-state index < -0.39 is 0 Å². The molecule has 1 aromatic heterocycles. The molecule has 0 bridgehead atoms. The zero-order valence-electron chi connectivity index (χ0n) is 10.6. The molecular formula is C14H17FN2S. The SMILES string of the molecule is CC(C)(CCN)c1csc(-c2cccc(F)c2)n1. The standard InChI is InChI=1S/C14H17FN2S/c1-14(2,6-7-16)12-9-18-13(17-12)10-4-3-5-11(15)8-10/h3-5,8-9H,6-7,16H2,1-2H3. The Bertz CT molecular complexity index is 534. The van der Waals surface area contributed by atoms with E-state index in [0.29, 0.717) is 6.54 Å². The predicted octanol–water partition coefficient (Wildman–Crippen LogP) is 3.58. The van der Waals surface area contributed by atoms with Crippen molar-refractivity contribution >= 4 is 11.3 Å². The minimum absolute atomic E-state index is 0.0309. The van der Waals surface area contributed by atoms with Gasteiger partial charge in [0, 0.05) is 16.4 Å². The molecule has 0 aliphatic carbocycles. The number of hydrogen-bond donors (Lipinski definition) is 1. The summed E-state index contributed by atoms with van der Waals surface area (Å²) in [6.07, 6.45) is 0.888. The zero-order valence-corrected chi connectivity index (χ0v) is 11.4. The van der Waals surface area contributed by atoms with E-state index in [-0.39, 0.29) is 11.2 Å². The van der Waals surface area contributed by atoms with Gasteiger partial charge in [0.1, 0.15) is 10.8 Å². The lowest BCUT2D eigenvalue weighted by Gasteiger charge is -2.21. The molecule has 0 spiro atoms. The largest absolute Gasteiger partial charge is 0.330 e. The first-order valence-corrected chi connectivity index (χ1v) is 6.83. The highest BCUT2D eigenvalue weighted by Gasteiger charge is 2.23. The molecule has 2 rings (SSSR count). The summed E-state index contributed by atoms with van der Waals surface area (Å²) in [6.45, 7) is 4.90. The van der Waals surface area contributed by atoms with E-state index in [1.165, 1.54) is 12.1 Å². The third-order valence-electron chi connectivity index (χ3n) is 3.04. The Morgan fingerprint density at radius 3 is 2.83 bits per heavy atom. The van der Waals surface area contributed by atoms with Gasteiger partial charge in [0.15, 0.2) is 0 Å². The molecule has 1 aromatic carbocycles. The molecule has 0 amide bonds. The van der Waals surface area contributed by atoms with Crippen molar-refractivity contribution in [1.82, 2.24) is 4.98 Å². The first-order chi connectivity index (χ1) is 8.53. The van der Waals surface area contributed by atoms with Crippen LogP contribution in [0.4, 0.5) is 4.39 Å². The van der Waals surface area contributed by atoms with Crippen molar-refractivity contribution in [3.63, 3.8) is 0 Å². The van der Waals surface area contributed by atoms with Crippen molar-refractivity contribution in [2.45, 2.75) is 25.7 Å². The smallest absolute Gasteiger partial charge is 0.123 e. The Labute approximate surface area is 111 Å². The molecule has 0 aliphatic rings. The van der Waals surface area contributed by atoms with Gasteiger partial charge in [0.25, 0.3) is 0 Å². The van der Waals surface area contributed by atoms with Gasteiger partial charge < -0.3 is 5.73 Å². The van der Waals surface area contributed by atoms with E-state index >= 15 is 0 Å². The van der Waals surface area contributed by atoms with Crippen LogP contribution in [0.3, 0.4) is 0 Å². The maximum absolute atomic E-state index is 13.2. The van der Waals surface area contributed by atoms with Crippen molar-refractivity contribution in [2.24, 2.45) is 5.73 Å². The number of nitrogens with two attached hydrogens (primary N) is 1. The maximum atomic E-state index is 13.2. The number of nitrogens with zero attached hydrogens (tertiary/aromatic N) is 1. The van der Waals surface area contributed by atoms with Gasteiger partial charge in [-0.15, -0.1) is 11.3 Å². The summed E-state index contributed by atoms with van der Waals surface area (Å²) in [4.78, 5) is 4.61. The molecule has 1 heterocycles. The quantitative estimate of drug-likeness (QED) is 0.916. The second kappa shape index (κ2) is 5.16. The molecule has 0 saturated carbocycles. The molecule has 4 heteroatoms. The third-order valence-corrected chi connectivity index (χ3v) is 3.93. The van der Waals surface area contributed by atoms with Gasteiger partial charge >= 0.3 is 0 Å². The van der Waals surface area contributed by atoms with Crippen molar-refractivity contribution in [2.75, 3.05) is 6.54 Å². The minimum Gasteiger partial charge on any atom is -0.330 e. The number of hydrogen-bond acceptors (Lipinski definition) is 3. The second-order valence-corrected chi connectivity index (χ2v) is 5.83. The molecule has 2 nitrogen and oxygen atoms in total. The van der Waals surface area contributed by atoms with Crippen LogP contribution in [0.25, 0.3) is 10.6 Å². The van der Waals surface area contributed by atoms with Crippen LogP contribution in [0.15, 0.2) is 29.6 Å². The summed E-state index contributed by atoms with van der Waals surface area (Å²) in [7, 11) is 0. The first-order valence-electron chi connectivity index (χ1n) is 5.95. The summed E-state index contributed by atoms with van der Waals surface area (Å²) in [5.74, 6) is -0.231. The van der Waals surface area contributed by atoms with Crippen LogP contribution in [0.2, 0.25) is 0 Å². The molecule has 0 atom stereocenters. The first kappa shape index (κ1) is 13.2. The molecule has 18 heavy (non-hydrogen) atoms. The molecule has 2 N–H and O–H groups in total. The van der Waals surface area contributed by atoms with Gasteiger partial charge in [-0.3, -0.25) is 0 Å². The molecular weight excluding hydrogens is 247 g/mol. The Balaban J connectivity index is 2.31. The van der Waals surface area contributed by atoms with Crippen LogP contribution < -0.4 is 5.73 Å². The average Bonchev–Trinajstić information content (AvgIpc) is 2.78. The van der Waals surface area contributed by atoms with E-state index in [9.17, 15) is 4.39 Å². The number of aromatic nitrogens is 1. The van der Waals surface area contributed by atoms with Crippen LogP contribution in [0, 0.1) is 5.82 Å². The van der Waals surface area contributed by atoms with E-state index in [1.807, 2.05) is 11.4 Å².